The van der Waals surface area contributed by atoms with E-state index in [4.69, 9.17) is 8.85 Å². The SMILES string of the molecule is CC(C)(C)[Si](C)(C)OC[C@H](O)[C@@H](O)CO[Si](C)(C)C(C)(C)C. The largest absolute Gasteiger partial charge is 0.414 e. The molecule has 0 aromatic carbocycles. The molecular formula is C16H38O4Si2. The van der Waals surface area contributed by atoms with E-state index in [1.807, 2.05) is 0 Å². The predicted molar refractivity (Wildman–Crippen MR) is 98.3 cm³/mol. The number of hydrogen-bond donors (Lipinski definition) is 2. The molecular weight excluding hydrogens is 312 g/mol. The first-order valence-corrected chi connectivity index (χ1v) is 14.0. The smallest absolute Gasteiger partial charge is 0.192 e. The van der Waals surface area contributed by atoms with Crippen molar-refractivity contribution >= 4 is 16.6 Å². The van der Waals surface area contributed by atoms with E-state index in [9.17, 15) is 10.2 Å². The van der Waals surface area contributed by atoms with Crippen LogP contribution in [-0.2, 0) is 8.85 Å². The third-order valence-corrected chi connectivity index (χ3v) is 14.3. The van der Waals surface area contributed by atoms with E-state index in [-0.39, 0.29) is 23.3 Å². The summed E-state index contributed by atoms with van der Waals surface area (Å²) in [5.41, 5.74) is 0. The molecule has 0 aromatic heterocycles. The van der Waals surface area contributed by atoms with Crippen molar-refractivity contribution in [3.63, 3.8) is 0 Å². The monoisotopic (exact) mass is 350 g/mol. The molecule has 0 fully saturated rings. The molecule has 6 heteroatoms. The van der Waals surface area contributed by atoms with Crippen LogP contribution in [0.4, 0.5) is 0 Å². The lowest BCUT2D eigenvalue weighted by molar-refractivity contribution is -0.0336. The van der Waals surface area contributed by atoms with E-state index < -0.39 is 28.8 Å². The second-order valence-corrected chi connectivity index (χ2v) is 18.9. The van der Waals surface area contributed by atoms with Crippen molar-refractivity contribution in [2.75, 3.05) is 13.2 Å². The minimum absolute atomic E-state index is 0.0926. The van der Waals surface area contributed by atoms with Gasteiger partial charge in [0.15, 0.2) is 16.6 Å². The molecule has 0 saturated heterocycles. The molecule has 134 valence electrons. The maximum Gasteiger partial charge on any atom is 0.192 e. The van der Waals surface area contributed by atoms with Gasteiger partial charge in [-0.15, -0.1) is 0 Å². The Bertz CT molecular complexity index is 309. The van der Waals surface area contributed by atoms with Crippen molar-refractivity contribution in [1.82, 2.24) is 0 Å². The van der Waals surface area contributed by atoms with Gasteiger partial charge in [0.25, 0.3) is 0 Å². The van der Waals surface area contributed by atoms with Crippen LogP contribution in [0.25, 0.3) is 0 Å². The summed E-state index contributed by atoms with van der Waals surface area (Å²) in [6, 6.07) is 0. The van der Waals surface area contributed by atoms with Gasteiger partial charge in [-0.25, -0.2) is 0 Å². The molecule has 0 saturated carbocycles. The van der Waals surface area contributed by atoms with Crippen LogP contribution in [0.3, 0.4) is 0 Å². The number of aliphatic hydroxyl groups is 2. The zero-order valence-electron chi connectivity index (χ0n) is 16.3. The Kier molecular flexibility index (Phi) is 7.54. The van der Waals surface area contributed by atoms with Crippen molar-refractivity contribution in [1.29, 1.82) is 0 Å². The van der Waals surface area contributed by atoms with Crippen LogP contribution in [0, 0.1) is 0 Å². The topological polar surface area (TPSA) is 58.9 Å². The molecule has 0 aliphatic carbocycles. The second-order valence-electron chi connectivity index (χ2n) is 9.28. The fraction of sp³-hybridized carbons (Fsp3) is 1.00. The molecule has 2 atom stereocenters. The molecule has 22 heavy (non-hydrogen) atoms. The maximum atomic E-state index is 10.1. The molecule has 4 nitrogen and oxygen atoms in total. The van der Waals surface area contributed by atoms with E-state index in [1.54, 1.807) is 0 Å². The van der Waals surface area contributed by atoms with E-state index in [2.05, 4.69) is 67.7 Å². The van der Waals surface area contributed by atoms with Gasteiger partial charge in [-0.2, -0.15) is 0 Å². The Hall–Kier alpha value is 0.274. The highest BCUT2D eigenvalue weighted by molar-refractivity contribution is 6.74. The molecule has 0 rings (SSSR count). The summed E-state index contributed by atoms with van der Waals surface area (Å²) in [6.07, 6.45) is -1.81. The van der Waals surface area contributed by atoms with Crippen LogP contribution < -0.4 is 0 Å². The van der Waals surface area contributed by atoms with Crippen molar-refractivity contribution < 1.29 is 19.1 Å². The van der Waals surface area contributed by atoms with Gasteiger partial charge in [-0.3, -0.25) is 0 Å². The van der Waals surface area contributed by atoms with Gasteiger partial charge in [0, 0.05) is 0 Å². The lowest BCUT2D eigenvalue weighted by atomic mass is 10.2. The van der Waals surface area contributed by atoms with Crippen molar-refractivity contribution in [2.24, 2.45) is 0 Å². The first kappa shape index (κ1) is 22.3. The molecule has 0 aliphatic rings. The first-order valence-electron chi connectivity index (χ1n) is 8.15. The standard InChI is InChI=1S/C16H38O4Si2/c1-15(2,3)21(7,8)19-11-13(17)14(18)12-20-22(9,10)16(4,5)6/h13-14,17-18H,11-12H2,1-10H3/t13-,14-/m0/s1. The highest BCUT2D eigenvalue weighted by Crippen LogP contribution is 2.37. The number of aliphatic hydroxyl groups excluding tert-OH is 2. The Labute approximate surface area is 139 Å². The zero-order valence-corrected chi connectivity index (χ0v) is 18.3. The molecule has 0 aromatic rings. The third-order valence-electron chi connectivity index (χ3n) is 5.29. The Morgan fingerprint density at radius 1 is 0.682 bits per heavy atom. The molecule has 0 bridgehead atoms. The lowest BCUT2D eigenvalue weighted by Crippen LogP contribution is -2.47. The second kappa shape index (κ2) is 7.44. The van der Waals surface area contributed by atoms with E-state index in [0.29, 0.717) is 0 Å². The summed E-state index contributed by atoms with van der Waals surface area (Å²) in [5.74, 6) is 0. The van der Waals surface area contributed by atoms with Crippen LogP contribution >= 0.6 is 0 Å². The average Bonchev–Trinajstić information content (AvgIpc) is 2.30. The van der Waals surface area contributed by atoms with Crippen LogP contribution in [-0.4, -0.2) is 52.3 Å². The van der Waals surface area contributed by atoms with Gasteiger partial charge < -0.3 is 19.1 Å². The molecule has 0 unspecified atom stereocenters. The maximum absolute atomic E-state index is 10.1. The van der Waals surface area contributed by atoms with E-state index in [1.165, 1.54) is 0 Å². The zero-order chi connectivity index (χ0) is 18.0. The molecule has 0 amide bonds. The summed E-state index contributed by atoms with van der Waals surface area (Å²) in [6.45, 7) is 21.8. The Balaban J connectivity index is 4.44. The fourth-order valence-electron chi connectivity index (χ4n) is 1.24. The normalized spacial score (nSPS) is 17.5. The van der Waals surface area contributed by atoms with Gasteiger partial charge >= 0.3 is 0 Å². The quantitative estimate of drug-likeness (QED) is 0.687. The van der Waals surface area contributed by atoms with Crippen LogP contribution in [0.2, 0.25) is 36.3 Å². The molecule has 0 radical (unpaired) electrons. The highest BCUT2D eigenvalue weighted by atomic mass is 28.4. The minimum atomic E-state index is -1.91. The highest BCUT2D eigenvalue weighted by Gasteiger charge is 2.39. The minimum Gasteiger partial charge on any atom is -0.414 e. The number of hydrogen-bond acceptors (Lipinski definition) is 4. The predicted octanol–water partition coefficient (Wildman–Crippen LogP) is 3.75. The van der Waals surface area contributed by atoms with Crippen LogP contribution in [0.15, 0.2) is 0 Å². The molecule has 0 heterocycles. The van der Waals surface area contributed by atoms with Gasteiger partial charge in [-0.1, -0.05) is 41.5 Å². The summed E-state index contributed by atoms with van der Waals surface area (Å²) in [4.78, 5) is 0. The van der Waals surface area contributed by atoms with Crippen molar-refractivity contribution in [3.05, 3.63) is 0 Å². The van der Waals surface area contributed by atoms with Gasteiger partial charge in [0.1, 0.15) is 12.2 Å². The third kappa shape index (κ3) is 6.41. The van der Waals surface area contributed by atoms with Gasteiger partial charge in [-0.05, 0) is 36.3 Å². The average molecular weight is 351 g/mol. The molecule has 0 aliphatic heterocycles. The van der Waals surface area contributed by atoms with Gasteiger partial charge in [0.05, 0.1) is 13.2 Å². The van der Waals surface area contributed by atoms with E-state index >= 15 is 0 Å². The number of rotatable bonds is 7. The molecule has 2 N–H and O–H groups in total. The van der Waals surface area contributed by atoms with Crippen molar-refractivity contribution in [3.8, 4) is 0 Å². The summed E-state index contributed by atoms with van der Waals surface area (Å²) in [5, 5.41) is 20.4. The summed E-state index contributed by atoms with van der Waals surface area (Å²) < 4.78 is 11.9. The van der Waals surface area contributed by atoms with Gasteiger partial charge in [0.2, 0.25) is 0 Å². The summed E-state index contributed by atoms with van der Waals surface area (Å²) in [7, 11) is -3.81. The van der Waals surface area contributed by atoms with Crippen molar-refractivity contribution in [2.45, 2.75) is 90.0 Å². The fourth-order valence-corrected chi connectivity index (χ4v) is 3.28. The summed E-state index contributed by atoms with van der Waals surface area (Å²) >= 11 is 0. The Morgan fingerprint density at radius 3 is 1.09 bits per heavy atom. The molecule has 0 spiro atoms. The Morgan fingerprint density at radius 2 is 0.909 bits per heavy atom. The lowest BCUT2D eigenvalue weighted by Gasteiger charge is -2.38. The van der Waals surface area contributed by atoms with Crippen LogP contribution in [0.5, 0.6) is 0 Å². The van der Waals surface area contributed by atoms with E-state index in [0.717, 1.165) is 0 Å². The van der Waals surface area contributed by atoms with Crippen LogP contribution in [0.1, 0.15) is 41.5 Å². The first-order chi connectivity index (χ1) is 9.51.